The minimum atomic E-state index is -4.47. The summed E-state index contributed by atoms with van der Waals surface area (Å²) in [5, 5.41) is 2.72. The molecule has 21 heavy (non-hydrogen) atoms. The van der Waals surface area contributed by atoms with E-state index in [1.807, 2.05) is 0 Å². The second-order valence-electron chi connectivity index (χ2n) is 4.10. The summed E-state index contributed by atoms with van der Waals surface area (Å²) in [4.78, 5) is 0. The number of hydrogen-bond acceptors (Lipinski definition) is 3. The zero-order chi connectivity index (χ0) is 15.6. The standard InChI is InChI=1S/C13H10Br2F3NO2/c1-20-7-2-3-11(9(4-7)13(16,17)18)19-6-8-5-10(14)12(15)21-8/h2-5,19H,6H2,1H3. The first-order valence-electron chi connectivity index (χ1n) is 5.74. The first-order chi connectivity index (χ1) is 9.81. The molecular formula is C13H10Br2F3NO2. The van der Waals surface area contributed by atoms with Crippen LogP contribution in [0.1, 0.15) is 11.3 Å². The van der Waals surface area contributed by atoms with Crippen molar-refractivity contribution in [2.24, 2.45) is 0 Å². The van der Waals surface area contributed by atoms with E-state index in [4.69, 9.17) is 9.15 Å². The molecule has 0 spiro atoms. The molecule has 1 aromatic carbocycles. The minimum Gasteiger partial charge on any atom is -0.497 e. The normalized spacial score (nSPS) is 11.5. The number of alkyl halides is 3. The van der Waals surface area contributed by atoms with Crippen LogP contribution in [0.25, 0.3) is 0 Å². The van der Waals surface area contributed by atoms with E-state index >= 15 is 0 Å². The SMILES string of the molecule is COc1ccc(NCc2cc(Br)c(Br)o2)c(C(F)(F)F)c1. The lowest BCUT2D eigenvalue weighted by Gasteiger charge is -2.15. The fourth-order valence-corrected chi connectivity index (χ4v) is 2.36. The highest BCUT2D eigenvalue weighted by Crippen LogP contribution is 2.37. The summed E-state index contributed by atoms with van der Waals surface area (Å²) >= 11 is 6.41. The van der Waals surface area contributed by atoms with Crippen molar-refractivity contribution < 1.29 is 22.3 Å². The molecule has 0 radical (unpaired) electrons. The molecule has 0 unspecified atom stereocenters. The maximum Gasteiger partial charge on any atom is 0.418 e. The number of nitrogens with one attached hydrogen (secondary N) is 1. The molecule has 1 aromatic heterocycles. The molecule has 0 bridgehead atoms. The van der Waals surface area contributed by atoms with Crippen molar-refractivity contribution in [1.82, 2.24) is 0 Å². The largest absolute Gasteiger partial charge is 0.497 e. The number of hydrogen-bond donors (Lipinski definition) is 1. The highest BCUT2D eigenvalue weighted by molar-refractivity contribution is 9.13. The van der Waals surface area contributed by atoms with Gasteiger partial charge >= 0.3 is 6.18 Å². The Balaban J connectivity index is 2.23. The molecule has 8 heteroatoms. The summed E-state index contributed by atoms with van der Waals surface area (Å²) < 4.78 is 50.4. The third kappa shape index (κ3) is 3.94. The summed E-state index contributed by atoms with van der Waals surface area (Å²) in [5.74, 6) is 0.647. The molecule has 2 aromatic rings. The Labute approximate surface area is 135 Å². The molecule has 2 rings (SSSR count). The molecular weight excluding hydrogens is 419 g/mol. The lowest BCUT2D eigenvalue weighted by Crippen LogP contribution is -2.11. The molecule has 0 aliphatic rings. The molecule has 0 amide bonds. The lowest BCUT2D eigenvalue weighted by atomic mass is 10.1. The predicted molar refractivity (Wildman–Crippen MR) is 79.4 cm³/mol. The summed E-state index contributed by atoms with van der Waals surface area (Å²) in [6.07, 6.45) is -4.47. The minimum absolute atomic E-state index is 0.0352. The molecule has 1 heterocycles. The van der Waals surface area contributed by atoms with Crippen LogP contribution in [0.4, 0.5) is 18.9 Å². The number of halogens is 5. The second-order valence-corrected chi connectivity index (χ2v) is 5.67. The third-order valence-corrected chi connectivity index (χ3v) is 4.39. The number of ether oxygens (including phenoxy) is 1. The Bertz CT molecular complexity index is 621. The van der Waals surface area contributed by atoms with Crippen molar-refractivity contribution >= 4 is 37.5 Å². The quantitative estimate of drug-likeness (QED) is 0.703. The van der Waals surface area contributed by atoms with Crippen LogP contribution in [0.5, 0.6) is 5.75 Å². The lowest BCUT2D eigenvalue weighted by molar-refractivity contribution is -0.137. The van der Waals surface area contributed by atoms with Gasteiger partial charge in [0, 0.05) is 5.69 Å². The Morgan fingerprint density at radius 3 is 2.48 bits per heavy atom. The molecule has 3 nitrogen and oxygen atoms in total. The highest BCUT2D eigenvalue weighted by Gasteiger charge is 2.34. The molecule has 0 saturated heterocycles. The van der Waals surface area contributed by atoms with Crippen LogP contribution in [0, 0.1) is 0 Å². The molecule has 0 atom stereocenters. The van der Waals surface area contributed by atoms with Gasteiger partial charge in [0.05, 0.1) is 23.7 Å². The summed E-state index contributed by atoms with van der Waals surface area (Å²) in [7, 11) is 1.32. The monoisotopic (exact) mass is 427 g/mol. The second kappa shape index (κ2) is 6.31. The fourth-order valence-electron chi connectivity index (χ4n) is 1.70. The van der Waals surface area contributed by atoms with E-state index in [0.29, 0.717) is 14.9 Å². The van der Waals surface area contributed by atoms with E-state index in [1.165, 1.54) is 19.2 Å². The van der Waals surface area contributed by atoms with Crippen molar-refractivity contribution in [3.05, 3.63) is 44.7 Å². The molecule has 0 aliphatic heterocycles. The summed E-state index contributed by atoms with van der Waals surface area (Å²) in [6.45, 7) is 0.125. The van der Waals surface area contributed by atoms with Crippen molar-refractivity contribution in [1.29, 1.82) is 0 Å². The van der Waals surface area contributed by atoms with Crippen LogP contribution >= 0.6 is 31.9 Å². The van der Waals surface area contributed by atoms with E-state index < -0.39 is 11.7 Å². The maximum absolute atomic E-state index is 13.0. The van der Waals surface area contributed by atoms with Crippen molar-refractivity contribution in [3.8, 4) is 5.75 Å². The first kappa shape index (κ1) is 16.2. The number of anilines is 1. The van der Waals surface area contributed by atoms with Crippen LogP contribution in [-0.2, 0) is 12.7 Å². The maximum atomic E-state index is 13.0. The van der Waals surface area contributed by atoms with E-state index in [1.54, 1.807) is 6.07 Å². The van der Waals surface area contributed by atoms with Gasteiger partial charge in [-0.05, 0) is 56.1 Å². The van der Waals surface area contributed by atoms with E-state index in [-0.39, 0.29) is 18.0 Å². The Morgan fingerprint density at radius 2 is 1.95 bits per heavy atom. The van der Waals surface area contributed by atoms with Gasteiger partial charge in [0.25, 0.3) is 0 Å². The average Bonchev–Trinajstić information content (AvgIpc) is 2.74. The third-order valence-electron chi connectivity index (χ3n) is 2.68. The summed E-state index contributed by atoms with van der Waals surface area (Å²) in [6, 6.07) is 5.42. The van der Waals surface area contributed by atoms with Gasteiger partial charge in [0.15, 0.2) is 4.67 Å². The summed E-state index contributed by atoms with van der Waals surface area (Å²) in [5.41, 5.74) is -0.821. The Hall–Kier alpha value is -1.15. The van der Waals surface area contributed by atoms with Gasteiger partial charge in [-0.25, -0.2) is 0 Å². The van der Waals surface area contributed by atoms with Gasteiger partial charge in [-0.2, -0.15) is 13.2 Å². The molecule has 0 fully saturated rings. The number of rotatable bonds is 4. The van der Waals surface area contributed by atoms with Gasteiger partial charge in [0.1, 0.15) is 11.5 Å². The van der Waals surface area contributed by atoms with Crippen LogP contribution in [0.3, 0.4) is 0 Å². The van der Waals surface area contributed by atoms with E-state index in [9.17, 15) is 13.2 Å². The van der Waals surface area contributed by atoms with Gasteiger partial charge in [-0.3, -0.25) is 0 Å². The zero-order valence-electron chi connectivity index (χ0n) is 10.7. The fraction of sp³-hybridized carbons (Fsp3) is 0.231. The highest BCUT2D eigenvalue weighted by atomic mass is 79.9. The Morgan fingerprint density at radius 1 is 1.24 bits per heavy atom. The predicted octanol–water partition coefficient (Wildman–Crippen LogP) is 5.44. The van der Waals surface area contributed by atoms with Crippen molar-refractivity contribution in [2.45, 2.75) is 12.7 Å². The number of furan rings is 1. The van der Waals surface area contributed by atoms with Crippen molar-refractivity contribution in [2.75, 3.05) is 12.4 Å². The van der Waals surface area contributed by atoms with Crippen LogP contribution in [0.2, 0.25) is 0 Å². The molecule has 1 N–H and O–H groups in total. The molecule has 0 aliphatic carbocycles. The molecule has 114 valence electrons. The average molecular weight is 429 g/mol. The van der Waals surface area contributed by atoms with Gasteiger partial charge in [-0.15, -0.1) is 0 Å². The number of benzene rings is 1. The van der Waals surface area contributed by atoms with E-state index in [0.717, 1.165) is 6.07 Å². The molecule has 0 saturated carbocycles. The van der Waals surface area contributed by atoms with Gasteiger partial charge < -0.3 is 14.5 Å². The van der Waals surface area contributed by atoms with Crippen LogP contribution in [-0.4, -0.2) is 7.11 Å². The smallest absolute Gasteiger partial charge is 0.418 e. The number of methoxy groups -OCH3 is 1. The van der Waals surface area contributed by atoms with Gasteiger partial charge in [-0.1, -0.05) is 0 Å². The zero-order valence-corrected chi connectivity index (χ0v) is 13.9. The van der Waals surface area contributed by atoms with E-state index in [2.05, 4.69) is 37.2 Å². The van der Waals surface area contributed by atoms with Gasteiger partial charge in [0.2, 0.25) is 0 Å². The van der Waals surface area contributed by atoms with Crippen molar-refractivity contribution in [3.63, 3.8) is 0 Å². The topological polar surface area (TPSA) is 34.4 Å². The van der Waals surface area contributed by atoms with Crippen LogP contribution in [0.15, 0.2) is 37.8 Å². The first-order valence-corrected chi connectivity index (χ1v) is 7.32. The van der Waals surface area contributed by atoms with Crippen LogP contribution < -0.4 is 10.1 Å². The Kier molecular flexibility index (Phi) is 4.88.